The van der Waals surface area contributed by atoms with Gasteiger partial charge in [-0.2, -0.15) is 0 Å². The summed E-state index contributed by atoms with van der Waals surface area (Å²) in [6.45, 7) is 5.35. The Hall–Kier alpha value is -1.88. The maximum atomic E-state index is 11.6. The lowest BCUT2D eigenvalue weighted by atomic mass is 10.0. The van der Waals surface area contributed by atoms with Crippen LogP contribution in [0, 0.1) is 6.92 Å². The summed E-state index contributed by atoms with van der Waals surface area (Å²) >= 11 is 0. The standard InChI is InChI=1S/C14H20N2O3/c1-4-14(3,19)9-15-12(17)13(18)16-11-7-5-6-10(2)8-11/h5-8,19H,4,9H2,1-3H3,(H,15,17)(H,16,18). The number of anilines is 1. The minimum Gasteiger partial charge on any atom is -0.388 e. The number of benzene rings is 1. The van der Waals surface area contributed by atoms with E-state index >= 15 is 0 Å². The van der Waals surface area contributed by atoms with Crippen molar-refractivity contribution >= 4 is 17.5 Å². The van der Waals surface area contributed by atoms with Crippen LogP contribution in [0.2, 0.25) is 0 Å². The molecular formula is C14H20N2O3. The molecule has 1 unspecified atom stereocenters. The predicted octanol–water partition coefficient (Wildman–Crippen LogP) is 1.21. The van der Waals surface area contributed by atoms with E-state index < -0.39 is 17.4 Å². The second-order valence-corrected chi connectivity index (χ2v) is 4.86. The maximum absolute atomic E-state index is 11.6. The van der Waals surface area contributed by atoms with Crippen molar-refractivity contribution in [2.75, 3.05) is 11.9 Å². The number of hydrogen-bond acceptors (Lipinski definition) is 3. The van der Waals surface area contributed by atoms with Crippen LogP contribution in [-0.2, 0) is 9.59 Å². The molecule has 0 aliphatic carbocycles. The van der Waals surface area contributed by atoms with Gasteiger partial charge in [0.1, 0.15) is 0 Å². The van der Waals surface area contributed by atoms with Gasteiger partial charge in [-0.3, -0.25) is 9.59 Å². The molecule has 1 aromatic carbocycles. The molecule has 0 heterocycles. The van der Waals surface area contributed by atoms with Crippen LogP contribution in [0.3, 0.4) is 0 Å². The number of aryl methyl sites for hydroxylation is 1. The molecule has 0 saturated heterocycles. The third kappa shape index (κ3) is 5.09. The molecule has 0 spiro atoms. The molecule has 1 atom stereocenters. The van der Waals surface area contributed by atoms with E-state index in [0.29, 0.717) is 12.1 Å². The summed E-state index contributed by atoms with van der Waals surface area (Å²) in [5, 5.41) is 14.6. The summed E-state index contributed by atoms with van der Waals surface area (Å²) in [7, 11) is 0. The van der Waals surface area contributed by atoms with Crippen molar-refractivity contribution in [2.45, 2.75) is 32.8 Å². The zero-order valence-corrected chi connectivity index (χ0v) is 11.5. The van der Waals surface area contributed by atoms with E-state index in [1.54, 1.807) is 32.0 Å². The number of nitrogens with one attached hydrogen (secondary N) is 2. The Morgan fingerprint density at radius 1 is 1.32 bits per heavy atom. The Bertz CT molecular complexity index is 470. The highest BCUT2D eigenvalue weighted by molar-refractivity contribution is 6.39. The molecule has 1 rings (SSSR count). The molecule has 0 fully saturated rings. The van der Waals surface area contributed by atoms with E-state index in [2.05, 4.69) is 10.6 Å². The lowest BCUT2D eigenvalue weighted by Crippen LogP contribution is -2.44. The van der Waals surface area contributed by atoms with Gasteiger partial charge >= 0.3 is 11.8 Å². The maximum Gasteiger partial charge on any atom is 0.313 e. The molecule has 0 aliphatic rings. The predicted molar refractivity (Wildman–Crippen MR) is 73.7 cm³/mol. The van der Waals surface area contributed by atoms with Crippen molar-refractivity contribution in [3.05, 3.63) is 29.8 Å². The monoisotopic (exact) mass is 264 g/mol. The van der Waals surface area contributed by atoms with Gasteiger partial charge in [0.15, 0.2) is 0 Å². The van der Waals surface area contributed by atoms with Gasteiger partial charge < -0.3 is 15.7 Å². The van der Waals surface area contributed by atoms with Crippen molar-refractivity contribution in [3.63, 3.8) is 0 Å². The highest BCUT2D eigenvalue weighted by atomic mass is 16.3. The van der Waals surface area contributed by atoms with Crippen LogP contribution >= 0.6 is 0 Å². The summed E-state index contributed by atoms with van der Waals surface area (Å²) < 4.78 is 0. The van der Waals surface area contributed by atoms with Gasteiger partial charge in [-0.25, -0.2) is 0 Å². The molecule has 104 valence electrons. The molecule has 2 amide bonds. The fourth-order valence-corrected chi connectivity index (χ4v) is 1.39. The lowest BCUT2D eigenvalue weighted by Gasteiger charge is -2.21. The molecule has 0 saturated carbocycles. The summed E-state index contributed by atoms with van der Waals surface area (Å²) in [4.78, 5) is 23.2. The molecule has 5 heteroatoms. The fraction of sp³-hybridized carbons (Fsp3) is 0.429. The Kier molecular flexibility index (Phi) is 5.06. The first-order chi connectivity index (χ1) is 8.84. The van der Waals surface area contributed by atoms with E-state index in [0.717, 1.165) is 5.56 Å². The first kappa shape index (κ1) is 15.2. The van der Waals surface area contributed by atoms with Crippen LogP contribution in [0.5, 0.6) is 0 Å². The number of aliphatic hydroxyl groups is 1. The molecule has 0 radical (unpaired) electrons. The Labute approximate surface area is 113 Å². The third-order valence-electron chi connectivity index (χ3n) is 2.87. The highest BCUT2D eigenvalue weighted by Gasteiger charge is 2.21. The topological polar surface area (TPSA) is 78.4 Å². The summed E-state index contributed by atoms with van der Waals surface area (Å²) in [5.41, 5.74) is 0.564. The van der Waals surface area contributed by atoms with Gasteiger partial charge in [0, 0.05) is 12.2 Å². The zero-order chi connectivity index (χ0) is 14.5. The number of rotatable bonds is 4. The molecule has 0 bridgehead atoms. The smallest absolute Gasteiger partial charge is 0.313 e. The average Bonchev–Trinajstić information content (AvgIpc) is 2.36. The normalized spacial score (nSPS) is 13.5. The van der Waals surface area contributed by atoms with E-state index in [9.17, 15) is 14.7 Å². The van der Waals surface area contributed by atoms with Gasteiger partial charge in [-0.1, -0.05) is 19.1 Å². The highest BCUT2D eigenvalue weighted by Crippen LogP contribution is 2.09. The molecule has 3 N–H and O–H groups in total. The van der Waals surface area contributed by atoms with Crippen molar-refractivity contribution in [2.24, 2.45) is 0 Å². The average molecular weight is 264 g/mol. The molecule has 1 aromatic rings. The van der Waals surface area contributed by atoms with E-state index in [1.807, 2.05) is 13.0 Å². The van der Waals surface area contributed by atoms with E-state index in [4.69, 9.17) is 0 Å². The van der Waals surface area contributed by atoms with Crippen molar-refractivity contribution in [1.82, 2.24) is 5.32 Å². The van der Waals surface area contributed by atoms with Crippen molar-refractivity contribution in [1.29, 1.82) is 0 Å². The van der Waals surface area contributed by atoms with Gasteiger partial charge in [-0.05, 0) is 38.0 Å². The molecular weight excluding hydrogens is 244 g/mol. The Morgan fingerprint density at radius 3 is 2.58 bits per heavy atom. The first-order valence-electron chi connectivity index (χ1n) is 6.22. The van der Waals surface area contributed by atoms with Gasteiger partial charge in [0.2, 0.25) is 0 Å². The van der Waals surface area contributed by atoms with Crippen LogP contribution in [0.4, 0.5) is 5.69 Å². The molecule has 0 aliphatic heterocycles. The molecule has 5 nitrogen and oxygen atoms in total. The number of hydrogen-bond donors (Lipinski definition) is 3. The molecule has 0 aromatic heterocycles. The zero-order valence-electron chi connectivity index (χ0n) is 11.5. The van der Waals surface area contributed by atoms with E-state index in [1.165, 1.54) is 0 Å². The largest absolute Gasteiger partial charge is 0.388 e. The fourth-order valence-electron chi connectivity index (χ4n) is 1.39. The van der Waals surface area contributed by atoms with Crippen molar-refractivity contribution in [3.8, 4) is 0 Å². The quantitative estimate of drug-likeness (QED) is 0.715. The number of carbonyl (C=O) groups is 2. The number of carbonyl (C=O) groups excluding carboxylic acids is 2. The van der Waals surface area contributed by atoms with E-state index in [-0.39, 0.29) is 6.54 Å². The Morgan fingerprint density at radius 2 is 2.00 bits per heavy atom. The second-order valence-electron chi connectivity index (χ2n) is 4.86. The van der Waals surface area contributed by atoms with Gasteiger partial charge in [-0.15, -0.1) is 0 Å². The second kappa shape index (κ2) is 6.33. The first-order valence-corrected chi connectivity index (χ1v) is 6.22. The third-order valence-corrected chi connectivity index (χ3v) is 2.87. The molecule has 19 heavy (non-hydrogen) atoms. The van der Waals surface area contributed by atoms with Gasteiger partial charge in [0.25, 0.3) is 0 Å². The van der Waals surface area contributed by atoms with Crippen LogP contribution in [-0.4, -0.2) is 29.1 Å². The number of amides is 2. The summed E-state index contributed by atoms with van der Waals surface area (Å²) in [6.07, 6.45) is 0.493. The van der Waals surface area contributed by atoms with Crippen molar-refractivity contribution < 1.29 is 14.7 Å². The van der Waals surface area contributed by atoms with Crippen LogP contribution in [0.15, 0.2) is 24.3 Å². The SMILES string of the molecule is CCC(C)(O)CNC(=O)C(=O)Nc1cccc(C)c1. The lowest BCUT2D eigenvalue weighted by molar-refractivity contribution is -0.136. The minimum absolute atomic E-state index is 0.0452. The van der Waals surface area contributed by atoms with Crippen LogP contribution in [0.1, 0.15) is 25.8 Å². The van der Waals surface area contributed by atoms with Crippen LogP contribution in [0.25, 0.3) is 0 Å². The summed E-state index contributed by atoms with van der Waals surface area (Å²) in [6, 6.07) is 7.17. The van der Waals surface area contributed by atoms with Crippen LogP contribution < -0.4 is 10.6 Å². The van der Waals surface area contributed by atoms with Gasteiger partial charge in [0.05, 0.1) is 5.60 Å². The minimum atomic E-state index is -1.00. The summed E-state index contributed by atoms with van der Waals surface area (Å²) in [5.74, 6) is -1.49. The Balaban J connectivity index is 2.52.